The lowest BCUT2D eigenvalue weighted by molar-refractivity contribution is 0.0642. The Morgan fingerprint density at radius 1 is 0.882 bits per heavy atom. The Balaban J connectivity index is 1.31. The fraction of sp³-hybridized carbons (Fsp3) is 0.160. The molecule has 0 spiro atoms. The van der Waals surface area contributed by atoms with Gasteiger partial charge in [-0.2, -0.15) is 0 Å². The Kier molecular flexibility index (Phi) is 5.41. The molecule has 0 aromatic heterocycles. The minimum Gasteiger partial charge on any atom is -0.322 e. The van der Waals surface area contributed by atoms with Crippen LogP contribution in [0.5, 0.6) is 0 Å². The molecule has 5 rings (SSSR count). The van der Waals surface area contributed by atoms with E-state index < -0.39 is 21.8 Å². The summed E-state index contributed by atoms with van der Waals surface area (Å²) in [6.07, 6.45) is 0.586. The molecular formula is C25H21N3O5S. The van der Waals surface area contributed by atoms with E-state index in [-0.39, 0.29) is 34.9 Å². The second-order valence-corrected chi connectivity index (χ2v) is 10.2. The minimum atomic E-state index is -3.28. The van der Waals surface area contributed by atoms with E-state index in [0.29, 0.717) is 24.3 Å². The first-order valence-corrected chi connectivity index (χ1v) is 12.4. The molecule has 172 valence electrons. The van der Waals surface area contributed by atoms with Crippen LogP contribution in [0.25, 0.3) is 0 Å². The summed E-state index contributed by atoms with van der Waals surface area (Å²) < 4.78 is 25.5. The molecule has 8 nitrogen and oxygen atoms in total. The monoisotopic (exact) mass is 475 g/mol. The Hall–Kier alpha value is -3.98. The molecule has 0 unspecified atom stereocenters. The van der Waals surface area contributed by atoms with Crippen molar-refractivity contribution >= 4 is 39.1 Å². The van der Waals surface area contributed by atoms with Crippen LogP contribution in [-0.2, 0) is 16.6 Å². The lowest BCUT2D eigenvalue weighted by Crippen LogP contribution is -2.29. The first-order chi connectivity index (χ1) is 16.3. The summed E-state index contributed by atoms with van der Waals surface area (Å²) in [5, 5.41) is 2.75. The number of imide groups is 1. The summed E-state index contributed by atoms with van der Waals surface area (Å²) in [4.78, 5) is 39.6. The highest BCUT2D eigenvalue weighted by atomic mass is 32.2. The Morgan fingerprint density at radius 2 is 1.59 bits per heavy atom. The van der Waals surface area contributed by atoms with Crippen LogP contribution in [0.4, 0.5) is 11.4 Å². The Labute approximate surface area is 196 Å². The molecule has 1 fully saturated rings. The highest BCUT2D eigenvalue weighted by Gasteiger charge is 2.36. The van der Waals surface area contributed by atoms with Gasteiger partial charge >= 0.3 is 0 Å². The van der Waals surface area contributed by atoms with Crippen LogP contribution in [0.3, 0.4) is 0 Å². The van der Waals surface area contributed by atoms with E-state index in [1.165, 1.54) is 27.4 Å². The van der Waals surface area contributed by atoms with Crippen molar-refractivity contribution in [3.63, 3.8) is 0 Å². The van der Waals surface area contributed by atoms with Gasteiger partial charge in [-0.3, -0.25) is 23.6 Å². The largest absolute Gasteiger partial charge is 0.322 e. The molecular weight excluding hydrogens is 454 g/mol. The van der Waals surface area contributed by atoms with Gasteiger partial charge in [0, 0.05) is 17.8 Å². The molecule has 3 aromatic carbocycles. The number of carbonyl (C=O) groups excluding carboxylic acids is 3. The van der Waals surface area contributed by atoms with Crippen LogP contribution < -0.4 is 9.62 Å². The van der Waals surface area contributed by atoms with Gasteiger partial charge in [0.1, 0.15) is 0 Å². The van der Waals surface area contributed by atoms with Crippen molar-refractivity contribution < 1.29 is 22.8 Å². The predicted octanol–water partition coefficient (Wildman–Crippen LogP) is 3.28. The van der Waals surface area contributed by atoms with Crippen molar-refractivity contribution in [1.82, 2.24) is 4.90 Å². The number of carbonyl (C=O) groups is 3. The molecule has 1 N–H and O–H groups in total. The zero-order valence-corrected chi connectivity index (χ0v) is 18.9. The third-order valence-electron chi connectivity index (χ3n) is 5.93. The number of hydrogen-bond donors (Lipinski definition) is 1. The van der Waals surface area contributed by atoms with Crippen molar-refractivity contribution in [2.24, 2.45) is 0 Å². The average Bonchev–Trinajstić information content (AvgIpc) is 3.31. The number of fused-ring (bicyclic) bond motifs is 1. The molecule has 0 saturated carbocycles. The molecule has 9 heteroatoms. The molecule has 2 heterocycles. The van der Waals surface area contributed by atoms with Gasteiger partial charge in [-0.25, -0.2) is 8.42 Å². The summed E-state index contributed by atoms with van der Waals surface area (Å²) in [6, 6.07) is 20.2. The van der Waals surface area contributed by atoms with Gasteiger partial charge in [0.05, 0.1) is 29.1 Å². The molecule has 0 aliphatic carbocycles. The number of rotatable bonds is 5. The number of nitrogens with zero attached hydrogens (tertiary/aromatic N) is 2. The van der Waals surface area contributed by atoms with Gasteiger partial charge in [-0.05, 0) is 54.4 Å². The summed E-state index contributed by atoms with van der Waals surface area (Å²) in [7, 11) is -3.28. The first kappa shape index (κ1) is 21.8. The van der Waals surface area contributed by atoms with E-state index in [1.807, 2.05) is 30.3 Å². The molecule has 2 aliphatic heterocycles. The summed E-state index contributed by atoms with van der Waals surface area (Å²) in [5.41, 5.74) is 2.58. The molecule has 3 aromatic rings. The van der Waals surface area contributed by atoms with Crippen molar-refractivity contribution in [2.75, 3.05) is 21.9 Å². The van der Waals surface area contributed by atoms with Crippen molar-refractivity contribution in [2.45, 2.75) is 13.0 Å². The van der Waals surface area contributed by atoms with E-state index in [2.05, 4.69) is 5.32 Å². The lowest BCUT2D eigenvalue weighted by atomic mass is 10.1. The van der Waals surface area contributed by atoms with Crippen LogP contribution in [0, 0.1) is 0 Å². The zero-order chi connectivity index (χ0) is 23.9. The van der Waals surface area contributed by atoms with Crippen molar-refractivity contribution in [1.29, 1.82) is 0 Å². The van der Waals surface area contributed by atoms with Crippen molar-refractivity contribution in [3.05, 3.63) is 95.1 Å². The van der Waals surface area contributed by atoms with Crippen LogP contribution in [0.2, 0.25) is 0 Å². The fourth-order valence-electron chi connectivity index (χ4n) is 4.19. The number of amides is 3. The second kappa shape index (κ2) is 8.42. The number of sulfonamides is 1. The molecule has 1 saturated heterocycles. The highest BCUT2D eigenvalue weighted by Crippen LogP contribution is 2.27. The maximum Gasteiger partial charge on any atom is 0.261 e. The number of hydrogen-bond acceptors (Lipinski definition) is 5. The van der Waals surface area contributed by atoms with E-state index >= 15 is 0 Å². The molecule has 2 aliphatic rings. The summed E-state index contributed by atoms with van der Waals surface area (Å²) in [5.74, 6) is -1.13. The topological polar surface area (TPSA) is 104 Å². The SMILES string of the molecule is O=C(Nc1ccc(N2CCCS2(=O)=O)cc1)c1ccc2c(c1)C(=O)N(Cc1ccccc1)C2=O. The van der Waals surface area contributed by atoms with Gasteiger partial charge in [-0.15, -0.1) is 0 Å². The van der Waals surface area contributed by atoms with Crippen LogP contribution in [0.1, 0.15) is 43.1 Å². The van der Waals surface area contributed by atoms with E-state index in [9.17, 15) is 22.8 Å². The quantitative estimate of drug-likeness (QED) is 0.571. The highest BCUT2D eigenvalue weighted by molar-refractivity contribution is 7.93. The van der Waals surface area contributed by atoms with E-state index in [1.54, 1.807) is 24.3 Å². The third kappa shape index (κ3) is 3.94. The summed E-state index contributed by atoms with van der Waals surface area (Å²) in [6.45, 7) is 0.602. The molecule has 0 atom stereocenters. The van der Waals surface area contributed by atoms with Crippen LogP contribution in [-0.4, -0.2) is 43.3 Å². The van der Waals surface area contributed by atoms with Gasteiger partial charge in [0.15, 0.2) is 0 Å². The fourth-order valence-corrected chi connectivity index (χ4v) is 5.75. The standard InChI is InChI=1S/C25H21N3O5S/c29-23(26-19-8-10-20(11-9-19)28-13-4-14-34(28,32)33)18-7-12-21-22(15-18)25(31)27(24(21)30)16-17-5-2-1-3-6-17/h1-3,5-12,15H,4,13-14,16H2,(H,26,29). The van der Waals surface area contributed by atoms with Gasteiger partial charge in [0.2, 0.25) is 10.0 Å². The minimum absolute atomic E-state index is 0.133. The smallest absolute Gasteiger partial charge is 0.261 e. The van der Waals surface area contributed by atoms with Crippen LogP contribution in [0.15, 0.2) is 72.8 Å². The number of benzene rings is 3. The van der Waals surface area contributed by atoms with Crippen molar-refractivity contribution in [3.8, 4) is 0 Å². The predicted molar refractivity (Wildman–Crippen MR) is 127 cm³/mol. The Morgan fingerprint density at radius 3 is 2.26 bits per heavy atom. The van der Waals surface area contributed by atoms with Gasteiger partial charge in [-0.1, -0.05) is 30.3 Å². The molecule has 3 amide bonds. The normalized spacial score (nSPS) is 16.6. The molecule has 0 bridgehead atoms. The van der Waals surface area contributed by atoms with Crippen LogP contribution >= 0.6 is 0 Å². The average molecular weight is 476 g/mol. The Bertz CT molecular complexity index is 1400. The third-order valence-corrected chi connectivity index (χ3v) is 7.80. The first-order valence-electron chi connectivity index (χ1n) is 10.8. The number of anilines is 2. The summed E-state index contributed by atoms with van der Waals surface area (Å²) >= 11 is 0. The maximum absolute atomic E-state index is 12.9. The molecule has 0 radical (unpaired) electrons. The van der Waals surface area contributed by atoms with Gasteiger partial charge in [0.25, 0.3) is 17.7 Å². The lowest BCUT2D eigenvalue weighted by Gasteiger charge is -2.17. The van der Waals surface area contributed by atoms with E-state index in [0.717, 1.165) is 5.56 Å². The molecule has 34 heavy (non-hydrogen) atoms. The maximum atomic E-state index is 12.9. The zero-order valence-electron chi connectivity index (χ0n) is 18.1. The van der Waals surface area contributed by atoms with E-state index in [4.69, 9.17) is 0 Å². The number of nitrogens with one attached hydrogen (secondary N) is 1. The van der Waals surface area contributed by atoms with Gasteiger partial charge < -0.3 is 5.32 Å². The second-order valence-electron chi connectivity index (χ2n) is 8.19.